The summed E-state index contributed by atoms with van der Waals surface area (Å²) in [6.07, 6.45) is 2.99. The van der Waals surface area contributed by atoms with Crippen molar-refractivity contribution in [2.75, 3.05) is 22.9 Å². The van der Waals surface area contributed by atoms with Gasteiger partial charge < -0.3 is 16.4 Å². The minimum absolute atomic E-state index is 0.221. The molecule has 0 saturated heterocycles. The number of nitrogens with zero attached hydrogens (tertiary/aromatic N) is 4. The van der Waals surface area contributed by atoms with Crippen molar-refractivity contribution in [1.29, 1.82) is 0 Å². The average Bonchev–Trinajstić information content (AvgIpc) is 3.19. The number of fused-ring (bicyclic) bond motifs is 1. The molecule has 4 aromatic rings. The Hall–Kier alpha value is -4.47. The first-order chi connectivity index (χ1) is 16.3. The van der Waals surface area contributed by atoms with E-state index in [9.17, 15) is 9.59 Å². The van der Waals surface area contributed by atoms with Crippen LogP contribution in [0.4, 0.5) is 22.1 Å². The molecule has 1 aromatic carbocycles. The molecular weight excluding hydrogens is 432 g/mol. The fourth-order valence-electron chi connectivity index (χ4n) is 3.50. The van der Waals surface area contributed by atoms with Crippen LogP contribution in [0.1, 0.15) is 29.9 Å². The Balaban J connectivity index is 1.61. The lowest BCUT2D eigenvalue weighted by Gasteiger charge is -2.10. The van der Waals surface area contributed by atoms with Gasteiger partial charge in [-0.15, -0.1) is 0 Å². The van der Waals surface area contributed by atoms with Gasteiger partial charge in [-0.3, -0.25) is 10.1 Å². The molecule has 0 unspecified atom stereocenters. The molecule has 174 valence electrons. The van der Waals surface area contributed by atoms with Crippen molar-refractivity contribution in [2.24, 2.45) is 5.92 Å². The highest BCUT2D eigenvalue weighted by Crippen LogP contribution is 2.33. The minimum atomic E-state index is -0.411. The molecule has 4 rings (SSSR count). The minimum Gasteiger partial charge on any atom is -0.382 e. The van der Waals surface area contributed by atoms with Crippen LogP contribution in [0.25, 0.3) is 16.6 Å². The van der Waals surface area contributed by atoms with Crippen molar-refractivity contribution in [3.63, 3.8) is 0 Å². The molecule has 3 aromatic heterocycles. The number of aryl methyl sites for hydroxylation is 1. The summed E-state index contributed by atoms with van der Waals surface area (Å²) in [5.41, 5.74) is 9.86. The zero-order valence-corrected chi connectivity index (χ0v) is 19.2. The second-order valence-electron chi connectivity index (χ2n) is 8.28. The summed E-state index contributed by atoms with van der Waals surface area (Å²) < 4.78 is 1.55. The van der Waals surface area contributed by atoms with Crippen molar-refractivity contribution in [3.8, 4) is 11.1 Å². The van der Waals surface area contributed by atoms with Gasteiger partial charge in [-0.05, 0) is 42.7 Å². The third kappa shape index (κ3) is 4.96. The van der Waals surface area contributed by atoms with E-state index in [1.165, 1.54) is 6.33 Å². The van der Waals surface area contributed by atoms with E-state index in [0.29, 0.717) is 40.6 Å². The molecule has 3 heterocycles. The van der Waals surface area contributed by atoms with Crippen LogP contribution in [0.15, 0.2) is 55.0 Å². The summed E-state index contributed by atoms with van der Waals surface area (Å²) in [5.74, 6) is 0.809. The number of carbonyl (C=O) groups excluding carboxylic acids is 2. The number of urea groups is 1. The Morgan fingerprint density at radius 1 is 1.09 bits per heavy atom. The van der Waals surface area contributed by atoms with Crippen LogP contribution in [-0.4, -0.2) is 38.1 Å². The molecule has 0 bridgehead atoms. The Bertz CT molecular complexity index is 1350. The van der Waals surface area contributed by atoms with E-state index in [2.05, 4.69) is 31.0 Å². The number of amides is 3. The van der Waals surface area contributed by atoms with Gasteiger partial charge in [0, 0.05) is 29.7 Å². The first kappa shape index (κ1) is 22.7. The Morgan fingerprint density at radius 3 is 2.56 bits per heavy atom. The van der Waals surface area contributed by atoms with E-state index in [4.69, 9.17) is 5.73 Å². The average molecular weight is 459 g/mol. The van der Waals surface area contributed by atoms with E-state index >= 15 is 0 Å². The number of hydrogen-bond acceptors (Lipinski definition) is 6. The molecule has 0 spiro atoms. The zero-order chi connectivity index (χ0) is 24.2. The number of carbonyl (C=O) groups is 2. The normalized spacial score (nSPS) is 10.9. The standard InChI is InChI=1S/C24H26N8O2/c1-14(2)11-26-23(33)18-12-32-21(22(25)27-13-28-32)20(18)16-7-9-17(10-8-16)30-24(34)31-19-6-4-5-15(3)29-19/h4-10,12-14H,11H2,1-3H3,(H,26,33)(H2,25,27,28)(H2,29,30,31,34). The zero-order valence-electron chi connectivity index (χ0n) is 19.2. The maximum absolute atomic E-state index is 12.9. The van der Waals surface area contributed by atoms with E-state index < -0.39 is 6.03 Å². The summed E-state index contributed by atoms with van der Waals surface area (Å²) >= 11 is 0. The predicted octanol–water partition coefficient (Wildman–Crippen LogP) is 3.71. The van der Waals surface area contributed by atoms with Crippen LogP contribution >= 0.6 is 0 Å². The topological polar surface area (TPSA) is 139 Å². The second-order valence-corrected chi connectivity index (χ2v) is 8.28. The first-order valence-corrected chi connectivity index (χ1v) is 10.8. The summed E-state index contributed by atoms with van der Waals surface area (Å²) in [6, 6.07) is 12.1. The molecule has 0 fully saturated rings. The summed E-state index contributed by atoms with van der Waals surface area (Å²) in [7, 11) is 0. The lowest BCUT2D eigenvalue weighted by atomic mass is 10.0. The van der Waals surface area contributed by atoms with Crippen molar-refractivity contribution < 1.29 is 9.59 Å². The number of hydrogen-bond donors (Lipinski definition) is 4. The number of benzene rings is 1. The molecule has 5 N–H and O–H groups in total. The lowest BCUT2D eigenvalue weighted by molar-refractivity contribution is 0.0949. The molecule has 0 atom stereocenters. The molecule has 0 aliphatic carbocycles. The van der Waals surface area contributed by atoms with Gasteiger partial charge in [0.25, 0.3) is 5.91 Å². The maximum atomic E-state index is 12.9. The highest BCUT2D eigenvalue weighted by molar-refractivity contribution is 6.07. The monoisotopic (exact) mass is 458 g/mol. The van der Waals surface area contributed by atoms with Crippen molar-refractivity contribution in [3.05, 3.63) is 66.2 Å². The van der Waals surface area contributed by atoms with Gasteiger partial charge in [-0.2, -0.15) is 5.10 Å². The van der Waals surface area contributed by atoms with E-state index in [1.807, 2.05) is 45.0 Å². The second kappa shape index (κ2) is 9.57. The van der Waals surface area contributed by atoms with Gasteiger partial charge in [0.05, 0.1) is 5.56 Å². The molecule has 0 radical (unpaired) electrons. The van der Waals surface area contributed by atoms with Crippen molar-refractivity contribution >= 4 is 34.8 Å². The molecule has 3 amide bonds. The quantitative estimate of drug-likeness (QED) is 0.347. The smallest absolute Gasteiger partial charge is 0.324 e. The highest BCUT2D eigenvalue weighted by atomic mass is 16.2. The molecule has 0 saturated carbocycles. The molecule has 34 heavy (non-hydrogen) atoms. The van der Waals surface area contributed by atoms with Gasteiger partial charge in [-0.25, -0.2) is 19.3 Å². The summed E-state index contributed by atoms with van der Waals surface area (Å²) in [6.45, 7) is 6.44. The number of pyridine rings is 1. The molecule has 10 nitrogen and oxygen atoms in total. The number of rotatable bonds is 6. The number of anilines is 3. The maximum Gasteiger partial charge on any atom is 0.324 e. The van der Waals surface area contributed by atoms with Crippen LogP contribution < -0.4 is 21.7 Å². The number of nitrogens with one attached hydrogen (secondary N) is 3. The van der Waals surface area contributed by atoms with Crippen LogP contribution in [0.3, 0.4) is 0 Å². The third-order valence-corrected chi connectivity index (χ3v) is 5.08. The number of aromatic nitrogens is 4. The lowest BCUT2D eigenvalue weighted by Crippen LogP contribution is -2.27. The Kier molecular flexibility index (Phi) is 6.39. The SMILES string of the molecule is Cc1cccc(NC(=O)Nc2ccc(-c3c(C(=O)NCC(C)C)cn4ncnc(N)c34)cc2)n1. The Labute approximate surface area is 196 Å². The van der Waals surface area contributed by atoms with Crippen molar-refractivity contribution in [2.45, 2.75) is 20.8 Å². The van der Waals surface area contributed by atoms with E-state index in [-0.39, 0.29) is 11.7 Å². The van der Waals surface area contributed by atoms with Crippen LogP contribution in [0.5, 0.6) is 0 Å². The molecule has 0 aliphatic rings. The van der Waals surface area contributed by atoms with Gasteiger partial charge in [0.1, 0.15) is 17.7 Å². The largest absolute Gasteiger partial charge is 0.382 e. The van der Waals surface area contributed by atoms with Crippen LogP contribution in [-0.2, 0) is 0 Å². The van der Waals surface area contributed by atoms with E-state index in [0.717, 1.165) is 11.3 Å². The fraction of sp³-hybridized carbons (Fsp3) is 0.208. The third-order valence-electron chi connectivity index (χ3n) is 5.08. The van der Waals surface area contributed by atoms with Gasteiger partial charge in [0.15, 0.2) is 5.82 Å². The van der Waals surface area contributed by atoms with Gasteiger partial charge in [0.2, 0.25) is 0 Å². The predicted molar refractivity (Wildman–Crippen MR) is 132 cm³/mol. The van der Waals surface area contributed by atoms with E-state index in [1.54, 1.807) is 28.9 Å². The fourth-order valence-corrected chi connectivity index (χ4v) is 3.50. The van der Waals surface area contributed by atoms with Crippen molar-refractivity contribution in [1.82, 2.24) is 24.9 Å². The molecule has 0 aliphatic heterocycles. The highest BCUT2D eigenvalue weighted by Gasteiger charge is 2.21. The molecule has 10 heteroatoms. The van der Waals surface area contributed by atoms with Crippen LogP contribution in [0.2, 0.25) is 0 Å². The first-order valence-electron chi connectivity index (χ1n) is 10.8. The molecular formula is C24H26N8O2. The van der Waals surface area contributed by atoms with Gasteiger partial charge in [-0.1, -0.05) is 32.0 Å². The van der Waals surface area contributed by atoms with Crippen LogP contribution in [0, 0.1) is 12.8 Å². The summed E-state index contributed by atoms with van der Waals surface area (Å²) in [5, 5.41) is 12.6. The number of nitrogens with two attached hydrogens (primary N) is 1. The van der Waals surface area contributed by atoms with Gasteiger partial charge >= 0.3 is 6.03 Å². The summed E-state index contributed by atoms with van der Waals surface area (Å²) in [4.78, 5) is 33.6. The Morgan fingerprint density at radius 2 is 1.85 bits per heavy atom. The number of nitrogen functional groups attached to an aromatic ring is 1.